The minimum Gasteiger partial charge on any atom is -0.338 e. The lowest BCUT2D eigenvalue weighted by Gasteiger charge is -2.38. The predicted octanol–water partition coefficient (Wildman–Crippen LogP) is 3.35. The van der Waals surface area contributed by atoms with Gasteiger partial charge in [-0.15, -0.1) is 0 Å². The molecule has 0 bridgehead atoms. The minimum atomic E-state index is 0.0154. The van der Waals surface area contributed by atoms with Crippen LogP contribution in [0.3, 0.4) is 0 Å². The molecule has 4 heteroatoms. The van der Waals surface area contributed by atoms with Crippen molar-refractivity contribution in [1.82, 2.24) is 10.2 Å². The SMILES string of the molecule is CC(C)C(c1ccccc1Cl)N(C)C(=O)C(C)C1CNC1. The number of amides is 1. The van der Waals surface area contributed by atoms with Gasteiger partial charge in [-0.25, -0.2) is 0 Å². The topological polar surface area (TPSA) is 32.3 Å². The van der Waals surface area contributed by atoms with Crippen LogP contribution in [0.1, 0.15) is 32.4 Å². The van der Waals surface area contributed by atoms with E-state index in [1.54, 1.807) is 0 Å². The molecule has 1 amide bonds. The van der Waals surface area contributed by atoms with Gasteiger partial charge in [0.15, 0.2) is 0 Å². The van der Waals surface area contributed by atoms with Gasteiger partial charge in [-0.3, -0.25) is 4.79 Å². The van der Waals surface area contributed by atoms with Crippen molar-refractivity contribution in [3.05, 3.63) is 34.9 Å². The summed E-state index contributed by atoms with van der Waals surface area (Å²) < 4.78 is 0. The maximum absolute atomic E-state index is 12.8. The molecule has 2 unspecified atom stereocenters. The fourth-order valence-corrected chi connectivity index (χ4v) is 3.30. The molecule has 0 aromatic heterocycles. The Hall–Kier alpha value is -1.06. The molecule has 0 saturated carbocycles. The number of benzene rings is 1. The number of nitrogens with one attached hydrogen (secondary N) is 1. The number of hydrogen-bond donors (Lipinski definition) is 1. The maximum Gasteiger partial charge on any atom is 0.226 e. The van der Waals surface area contributed by atoms with E-state index in [9.17, 15) is 4.79 Å². The number of rotatable bonds is 5. The van der Waals surface area contributed by atoms with Crippen LogP contribution >= 0.6 is 11.6 Å². The van der Waals surface area contributed by atoms with Crippen LogP contribution in [0.4, 0.5) is 0 Å². The normalized spacial score (nSPS) is 18.2. The Balaban J connectivity index is 2.21. The Kier molecular flexibility index (Phi) is 5.28. The highest BCUT2D eigenvalue weighted by Gasteiger charge is 2.34. The highest BCUT2D eigenvalue weighted by Crippen LogP contribution is 2.34. The van der Waals surface area contributed by atoms with E-state index in [0.29, 0.717) is 11.8 Å². The van der Waals surface area contributed by atoms with Crippen molar-refractivity contribution in [3.8, 4) is 0 Å². The van der Waals surface area contributed by atoms with Crippen LogP contribution in [-0.4, -0.2) is 30.9 Å². The molecule has 0 aliphatic carbocycles. The second-order valence-corrected chi connectivity index (χ2v) is 6.77. The first-order valence-electron chi connectivity index (χ1n) is 7.65. The Morgan fingerprint density at radius 3 is 2.38 bits per heavy atom. The van der Waals surface area contributed by atoms with Gasteiger partial charge in [-0.2, -0.15) is 0 Å². The summed E-state index contributed by atoms with van der Waals surface area (Å²) in [4.78, 5) is 14.6. The van der Waals surface area contributed by atoms with Gasteiger partial charge in [0.25, 0.3) is 0 Å². The molecule has 3 nitrogen and oxygen atoms in total. The standard InChI is InChI=1S/C17H25ClN2O/c1-11(2)16(14-7-5-6-8-15(14)18)20(4)17(21)12(3)13-9-19-10-13/h5-8,11-13,16,19H,9-10H2,1-4H3. The van der Waals surface area contributed by atoms with Crippen LogP contribution in [0, 0.1) is 17.8 Å². The van der Waals surface area contributed by atoms with Crippen LogP contribution in [0.2, 0.25) is 5.02 Å². The Morgan fingerprint density at radius 2 is 1.90 bits per heavy atom. The van der Waals surface area contributed by atoms with E-state index in [1.165, 1.54) is 0 Å². The Morgan fingerprint density at radius 1 is 1.29 bits per heavy atom. The first kappa shape index (κ1) is 16.3. The molecule has 1 N–H and O–H groups in total. The molecule has 2 atom stereocenters. The number of hydrogen-bond acceptors (Lipinski definition) is 2. The summed E-state index contributed by atoms with van der Waals surface area (Å²) in [6.07, 6.45) is 0. The fourth-order valence-electron chi connectivity index (χ4n) is 3.05. The summed E-state index contributed by atoms with van der Waals surface area (Å²) >= 11 is 6.34. The van der Waals surface area contributed by atoms with Crippen LogP contribution in [0.25, 0.3) is 0 Å². The number of carbonyl (C=O) groups excluding carboxylic acids is 1. The molecule has 1 aromatic rings. The minimum absolute atomic E-state index is 0.0154. The van der Waals surface area contributed by atoms with Gasteiger partial charge < -0.3 is 10.2 Å². The van der Waals surface area contributed by atoms with Gasteiger partial charge in [0.2, 0.25) is 5.91 Å². The summed E-state index contributed by atoms with van der Waals surface area (Å²) in [6.45, 7) is 8.19. The second kappa shape index (κ2) is 6.80. The summed E-state index contributed by atoms with van der Waals surface area (Å²) in [5.74, 6) is 1.03. The molecule has 21 heavy (non-hydrogen) atoms. The highest BCUT2D eigenvalue weighted by molar-refractivity contribution is 6.31. The quantitative estimate of drug-likeness (QED) is 0.904. The summed E-state index contributed by atoms with van der Waals surface area (Å²) in [5.41, 5.74) is 1.03. The van der Waals surface area contributed by atoms with Crippen molar-refractivity contribution in [2.24, 2.45) is 17.8 Å². The van der Waals surface area contributed by atoms with Gasteiger partial charge in [0, 0.05) is 18.0 Å². The first-order valence-corrected chi connectivity index (χ1v) is 8.03. The third-order valence-corrected chi connectivity index (χ3v) is 4.87. The lowest BCUT2D eigenvalue weighted by atomic mass is 9.86. The molecule has 116 valence electrons. The fraction of sp³-hybridized carbons (Fsp3) is 0.588. The van der Waals surface area contributed by atoms with E-state index >= 15 is 0 Å². The first-order chi connectivity index (χ1) is 9.93. The third kappa shape index (κ3) is 3.41. The van der Waals surface area contributed by atoms with E-state index < -0.39 is 0 Å². The monoisotopic (exact) mass is 308 g/mol. The molecule has 1 aliphatic heterocycles. The molecular weight excluding hydrogens is 284 g/mol. The summed E-state index contributed by atoms with van der Waals surface area (Å²) in [6, 6.07) is 7.83. The summed E-state index contributed by atoms with van der Waals surface area (Å²) in [7, 11) is 1.90. The summed E-state index contributed by atoms with van der Waals surface area (Å²) in [5, 5.41) is 3.97. The second-order valence-electron chi connectivity index (χ2n) is 6.37. The van der Waals surface area contributed by atoms with Gasteiger partial charge in [0.1, 0.15) is 0 Å². The molecule has 1 aliphatic rings. The van der Waals surface area contributed by atoms with Crippen molar-refractivity contribution in [1.29, 1.82) is 0 Å². The lowest BCUT2D eigenvalue weighted by molar-refractivity contribution is -0.139. The molecule has 0 spiro atoms. The van der Waals surface area contributed by atoms with Crippen molar-refractivity contribution in [3.63, 3.8) is 0 Å². The molecule has 1 fully saturated rings. The van der Waals surface area contributed by atoms with Crippen LogP contribution < -0.4 is 5.32 Å². The smallest absolute Gasteiger partial charge is 0.226 e. The number of halogens is 1. The van der Waals surface area contributed by atoms with Gasteiger partial charge in [-0.1, -0.05) is 50.6 Å². The number of carbonyl (C=O) groups is 1. The van der Waals surface area contributed by atoms with E-state index in [1.807, 2.05) is 43.1 Å². The van der Waals surface area contributed by atoms with E-state index in [4.69, 9.17) is 11.6 Å². The zero-order chi connectivity index (χ0) is 15.6. The molecule has 1 saturated heterocycles. The Labute approximate surface area is 132 Å². The third-order valence-electron chi connectivity index (χ3n) is 4.53. The van der Waals surface area contributed by atoms with E-state index in [0.717, 1.165) is 23.7 Å². The molecule has 1 aromatic carbocycles. The van der Waals surface area contributed by atoms with Crippen molar-refractivity contribution in [2.45, 2.75) is 26.8 Å². The van der Waals surface area contributed by atoms with Gasteiger partial charge >= 0.3 is 0 Å². The highest BCUT2D eigenvalue weighted by atomic mass is 35.5. The van der Waals surface area contributed by atoms with Crippen molar-refractivity contribution >= 4 is 17.5 Å². The van der Waals surface area contributed by atoms with E-state index in [-0.39, 0.29) is 17.9 Å². The molecule has 2 rings (SSSR count). The zero-order valence-corrected chi connectivity index (χ0v) is 14.0. The van der Waals surface area contributed by atoms with Crippen LogP contribution in [0.15, 0.2) is 24.3 Å². The average Bonchev–Trinajstić information content (AvgIpc) is 2.37. The van der Waals surface area contributed by atoms with E-state index in [2.05, 4.69) is 19.2 Å². The largest absolute Gasteiger partial charge is 0.338 e. The van der Waals surface area contributed by atoms with Gasteiger partial charge in [-0.05, 0) is 36.6 Å². The molecule has 1 heterocycles. The molecular formula is C17H25ClN2O. The lowest BCUT2D eigenvalue weighted by Crippen LogP contribution is -2.50. The zero-order valence-electron chi connectivity index (χ0n) is 13.3. The average molecular weight is 309 g/mol. The van der Waals surface area contributed by atoms with Crippen LogP contribution in [0.5, 0.6) is 0 Å². The maximum atomic E-state index is 12.8. The van der Waals surface area contributed by atoms with Gasteiger partial charge in [0.05, 0.1) is 6.04 Å². The van der Waals surface area contributed by atoms with Crippen molar-refractivity contribution in [2.75, 3.05) is 20.1 Å². The Bertz CT molecular complexity index is 499. The van der Waals surface area contributed by atoms with Crippen molar-refractivity contribution < 1.29 is 4.79 Å². The number of nitrogens with zero attached hydrogens (tertiary/aromatic N) is 1. The molecule has 0 radical (unpaired) electrons. The van der Waals surface area contributed by atoms with Crippen LogP contribution in [-0.2, 0) is 4.79 Å². The predicted molar refractivity (Wildman–Crippen MR) is 87.3 cm³/mol.